The minimum atomic E-state index is 0. The molecular weight excluding hydrogens is 316 g/mol. The Labute approximate surface area is 143 Å². The highest BCUT2D eigenvalue weighted by atomic mass is 35.5. The number of ether oxygens (including phenoxy) is 2. The second-order valence-corrected chi connectivity index (χ2v) is 6.23. The average Bonchev–Trinajstić information content (AvgIpc) is 3.22. The van der Waals surface area contributed by atoms with Gasteiger partial charge in [0, 0.05) is 24.8 Å². The summed E-state index contributed by atoms with van der Waals surface area (Å²) in [5, 5.41) is 6.40. The summed E-state index contributed by atoms with van der Waals surface area (Å²) in [7, 11) is 1.65. The van der Waals surface area contributed by atoms with Crippen molar-refractivity contribution < 1.29 is 14.3 Å². The number of hydrogen-bond donors (Lipinski definition) is 2. The zero-order valence-electron chi connectivity index (χ0n) is 13.5. The predicted octanol–water partition coefficient (Wildman–Crippen LogP) is 2.46. The SMILES string of the molecule is COCCOc1cccc(NC(=O)C2CC23CCNCC3)c1.Cl. The van der Waals surface area contributed by atoms with Crippen LogP contribution in [0.25, 0.3) is 0 Å². The van der Waals surface area contributed by atoms with Crippen LogP contribution in [0.15, 0.2) is 24.3 Å². The van der Waals surface area contributed by atoms with Crippen molar-refractivity contribution in [2.24, 2.45) is 11.3 Å². The maximum absolute atomic E-state index is 12.4. The Balaban J connectivity index is 0.00000192. The monoisotopic (exact) mass is 340 g/mol. The molecule has 23 heavy (non-hydrogen) atoms. The van der Waals surface area contributed by atoms with Gasteiger partial charge in [0.1, 0.15) is 12.4 Å². The number of carbonyl (C=O) groups is 1. The van der Waals surface area contributed by atoms with Crippen molar-refractivity contribution in [1.82, 2.24) is 5.32 Å². The molecule has 1 aliphatic carbocycles. The van der Waals surface area contributed by atoms with E-state index in [4.69, 9.17) is 9.47 Å². The van der Waals surface area contributed by atoms with Crippen LogP contribution in [0, 0.1) is 11.3 Å². The molecule has 1 aromatic rings. The van der Waals surface area contributed by atoms with Crippen LogP contribution in [0.4, 0.5) is 5.69 Å². The second-order valence-electron chi connectivity index (χ2n) is 6.23. The molecule has 0 aromatic heterocycles. The summed E-state index contributed by atoms with van der Waals surface area (Å²) < 4.78 is 10.5. The van der Waals surface area contributed by atoms with E-state index in [1.165, 1.54) is 0 Å². The molecule has 1 amide bonds. The molecule has 128 valence electrons. The molecule has 2 N–H and O–H groups in total. The van der Waals surface area contributed by atoms with Gasteiger partial charge in [-0.3, -0.25) is 4.79 Å². The van der Waals surface area contributed by atoms with Gasteiger partial charge in [0.2, 0.25) is 5.91 Å². The Bertz CT molecular complexity index is 532. The highest BCUT2D eigenvalue weighted by Crippen LogP contribution is 2.58. The summed E-state index contributed by atoms with van der Waals surface area (Å²) in [6.07, 6.45) is 3.26. The molecule has 1 aliphatic heterocycles. The standard InChI is InChI=1S/C17H24N2O3.ClH/c1-21-9-10-22-14-4-2-3-13(11-14)19-16(20)15-12-17(15)5-7-18-8-6-17;/h2-4,11,15,18H,5-10,12H2,1H3,(H,19,20);1H. The van der Waals surface area contributed by atoms with Crippen molar-refractivity contribution in [3.63, 3.8) is 0 Å². The lowest BCUT2D eigenvalue weighted by molar-refractivity contribution is -0.118. The maximum atomic E-state index is 12.4. The summed E-state index contributed by atoms with van der Waals surface area (Å²) in [4.78, 5) is 12.4. The average molecular weight is 341 g/mol. The van der Waals surface area contributed by atoms with Crippen molar-refractivity contribution in [3.05, 3.63) is 24.3 Å². The van der Waals surface area contributed by atoms with E-state index in [9.17, 15) is 4.79 Å². The minimum absolute atomic E-state index is 0. The van der Waals surface area contributed by atoms with Gasteiger partial charge in [0.05, 0.1) is 6.61 Å². The topological polar surface area (TPSA) is 59.6 Å². The number of carbonyl (C=O) groups excluding carboxylic acids is 1. The van der Waals surface area contributed by atoms with Crippen molar-refractivity contribution in [3.8, 4) is 5.75 Å². The van der Waals surface area contributed by atoms with E-state index < -0.39 is 0 Å². The zero-order chi connectivity index (χ0) is 15.4. The largest absolute Gasteiger partial charge is 0.491 e. The van der Waals surface area contributed by atoms with Crippen LogP contribution in [0.5, 0.6) is 5.75 Å². The van der Waals surface area contributed by atoms with Gasteiger partial charge >= 0.3 is 0 Å². The Kier molecular flexibility index (Phi) is 6.27. The van der Waals surface area contributed by atoms with Gasteiger partial charge in [-0.05, 0) is 49.9 Å². The van der Waals surface area contributed by atoms with Crippen molar-refractivity contribution in [1.29, 1.82) is 0 Å². The lowest BCUT2D eigenvalue weighted by Crippen LogP contribution is -2.31. The number of nitrogens with one attached hydrogen (secondary N) is 2. The third-order valence-electron chi connectivity index (χ3n) is 4.76. The fraction of sp³-hybridized carbons (Fsp3) is 0.588. The van der Waals surface area contributed by atoms with E-state index in [1.54, 1.807) is 7.11 Å². The molecular formula is C17H25ClN2O3. The molecule has 6 heteroatoms. The highest BCUT2D eigenvalue weighted by Gasteiger charge is 2.57. The first-order valence-corrected chi connectivity index (χ1v) is 7.97. The van der Waals surface area contributed by atoms with Crippen LogP contribution in [-0.4, -0.2) is 39.3 Å². The van der Waals surface area contributed by atoms with E-state index in [2.05, 4.69) is 10.6 Å². The zero-order valence-corrected chi connectivity index (χ0v) is 14.3. The van der Waals surface area contributed by atoms with Gasteiger partial charge in [-0.2, -0.15) is 0 Å². The third kappa shape index (κ3) is 4.37. The Morgan fingerprint density at radius 1 is 1.35 bits per heavy atom. The molecule has 1 atom stereocenters. The summed E-state index contributed by atoms with van der Waals surface area (Å²) in [5.74, 6) is 1.07. The van der Waals surface area contributed by atoms with Crippen LogP contribution in [-0.2, 0) is 9.53 Å². The van der Waals surface area contributed by atoms with Gasteiger partial charge in [0.15, 0.2) is 0 Å². The molecule has 0 bridgehead atoms. The predicted molar refractivity (Wildman–Crippen MR) is 92.3 cm³/mol. The van der Waals surface area contributed by atoms with E-state index in [1.807, 2.05) is 24.3 Å². The summed E-state index contributed by atoms with van der Waals surface area (Å²) in [6, 6.07) is 7.55. The summed E-state index contributed by atoms with van der Waals surface area (Å²) >= 11 is 0. The van der Waals surface area contributed by atoms with Crippen LogP contribution < -0.4 is 15.4 Å². The van der Waals surface area contributed by atoms with Gasteiger partial charge < -0.3 is 20.1 Å². The molecule has 3 rings (SSSR count). The highest BCUT2D eigenvalue weighted by molar-refractivity contribution is 5.95. The number of piperidine rings is 1. The lowest BCUT2D eigenvalue weighted by atomic mass is 9.92. The summed E-state index contributed by atoms with van der Waals surface area (Å²) in [6.45, 7) is 3.13. The van der Waals surface area contributed by atoms with E-state index in [0.717, 1.165) is 43.8 Å². The number of anilines is 1. The third-order valence-corrected chi connectivity index (χ3v) is 4.76. The molecule has 1 saturated heterocycles. The molecule has 1 saturated carbocycles. The first kappa shape index (κ1) is 18.0. The second kappa shape index (κ2) is 7.99. The molecule has 0 radical (unpaired) electrons. The number of rotatable bonds is 6. The molecule has 2 aliphatic rings. The van der Waals surface area contributed by atoms with E-state index in [-0.39, 0.29) is 29.6 Å². The number of amides is 1. The van der Waals surface area contributed by atoms with Gasteiger partial charge in [-0.25, -0.2) is 0 Å². The summed E-state index contributed by atoms with van der Waals surface area (Å²) in [5.41, 5.74) is 1.07. The van der Waals surface area contributed by atoms with Gasteiger partial charge in [0.25, 0.3) is 0 Å². The number of methoxy groups -OCH3 is 1. The number of benzene rings is 1. The molecule has 1 heterocycles. The number of halogens is 1. The van der Waals surface area contributed by atoms with Crippen molar-refractivity contribution in [2.45, 2.75) is 19.3 Å². The minimum Gasteiger partial charge on any atom is -0.491 e. The fourth-order valence-electron chi connectivity index (χ4n) is 3.33. The molecule has 1 unspecified atom stereocenters. The van der Waals surface area contributed by atoms with Gasteiger partial charge in [-0.15, -0.1) is 12.4 Å². The molecule has 5 nitrogen and oxygen atoms in total. The number of hydrogen-bond acceptors (Lipinski definition) is 4. The Morgan fingerprint density at radius 3 is 2.87 bits per heavy atom. The first-order chi connectivity index (χ1) is 10.7. The molecule has 1 spiro atoms. The smallest absolute Gasteiger partial charge is 0.228 e. The molecule has 1 aromatic carbocycles. The maximum Gasteiger partial charge on any atom is 0.228 e. The van der Waals surface area contributed by atoms with Crippen LogP contribution in [0.3, 0.4) is 0 Å². The Hall–Kier alpha value is -1.30. The van der Waals surface area contributed by atoms with Crippen molar-refractivity contribution >= 4 is 24.0 Å². The van der Waals surface area contributed by atoms with Crippen molar-refractivity contribution in [2.75, 3.05) is 38.7 Å². The fourth-order valence-corrected chi connectivity index (χ4v) is 3.33. The molecule has 2 fully saturated rings. The lowest BCUT2D eigenvalue weighted by Gasteiger charge is -2.23. The first-order valence-electron chi connectivity index (χ1n) is 7.97. The van der Waals surface area contributed by atoms with E-state index >= 15 is 0 Å². The van der Waals surface area contributed by atoms with Crippen LogP contribution >= 0.6 is 12.4 Å². The quantitative estimate of drug-likeness (QED) is 0.781. The van der Waals surface area contributed by atoms with Gasteiger partial charge in [-0.1, -0.05) is 6.07 Å². The van der Waals surface area contributed by atoms with E-state index in [0.29, 0.717) is 13.2 Å². The van der Waals surface area contributed by atoms with Crippen LogP contribution in [0.1, 0.15) is 19.3 Å². The van der Waals surface area contributed by atoms with Crippen LogP contribution in [0.2, 0.25) is 0 Å². The normalized spacial score (nSPS) is 21.3. The Morgan fingerprint density at radius 2 is 2.13 bits per heavy atom.